The van der Waals surface area contributed by atoms with Crippen LogP contribution in [-0.2, 0) is 0 Å². The molecule has 3 heterocycles. The number of hydrogen-bond acceptors (Lipinski definition) is 5. The molecular formula is C22H19N7O. The first-order valence-corrected chi connectivity index (χ1v) is 9.39. The Kier molecular flexibility index (Phi) is 5.62. The fraction of sp³-hybridized carbons (Fsp3) is 0.136. The van der Waals surface area contributed by atoms with Crippen molar-refractivity contribution >= 4 is 5.91 Å². The average Bonchev–Trinajstić information content (AvgIpc) is 3.51. The van der Waals surface area contributed by atoms with E-state index in [0.29, 0.717) is 17.7 Å². The van der Waals surface area contributed by atoms with E-state index in [-0.39, 0.29) is 11.9 Å². The predicted molar refractivity (Wildman–Crippen MR) is 111 cm³/mol. The highest BCUT2D eigenvalue weighted by Gasteiger charge is 2.12. The smallest absolute Gasteiger partial charge is 0.251 e. The molecule has 4 rings (SSSR count). The van der Waals surface area contributed by atoms with E-state index in [9.17, 15) is 4.79 Å². The van der Waals surface area contributed by atoms with E-state index in [1.807, 2.05) is 37.4 Å². The highest BCUT2D eigenvalue weighted by molar-refractivity contribution is 5.95. The zero-order valence-electron chi connectivity index (χ0n) is 16.3. The van der Waals surface area contributed by atoms with Gasteiger partial charge in [-0.3, -0.25) is 9.78 Å². The standard InChI is InChI=1S/C22H19N7O/c1-17(29-16-24-15-27-29)13-25-22(30)20-7-8-21(28-11-3-10-26-28)19(12-20)6-5-18-4-2-9-23-14-18/h2-4,7-12,14-17H,13H2,1H3,(H,25,30). The van der Waals surface area contributed by atoms with E-state index >= 15 is 0 Å². The first kappa shape index (κ1) is 19.1. The van der Waals surface area contributed by atoms with Crippen LogP contribution in [0.4, 0.5) is 0 Å². The molecule has 8 nitrogen and oxygen atoms in total. The zero-order valence-corrected chi connectivity index (χ0v) is 16.3. The molecule has 0 aliphatic carbocycles. The molecule has 1 amide bonds. The SMILES string of the molecule is CC(CNC(=O)c1ccc(-n2cccn2)c(C#Cc2cccnc2)c1)n1cncn1. The number of nitrogens with one attached hydrogen (secondary N) is 1. The normalized spacial score (nSPS) is 11.4. The number of rotatable bonds is 5. The third-order valence-electron chi connectivity index (χ3n) is 4.46. The lowest BCUT2D eigenvalue weighted by Gasteiger charge is -2.13. The van der Waals surface area contributed by atoms with Crippen LogP contribution in [0.1, 0.15) is 34.5 Å². The third kappa shape index (κ3) is 4.42. The number of hydrogen-bond donors (Lipinski definition) is 1. The largest absolute Gasteiger partial charge is 0.350 e. The molecule has 0 radical (unpaired) electrons. The number of carbonyl (C=O) groups excluding carboxylic acids is 1. The number of pyridine rings is 1. The van der Waals surface area contributed by atoms with E-state index < -0.39 is 0 Å². The summed E-state index contributed by atoms with van der Waals surface area (Å²) in [6, 6.07) is 10.9. The Hall–Kier alpha value is -4.25. The van der Waals surface area contributed by atoms with Gasteiger partial charge in [-0.2, -0.15) is 10.2 Å². The lowest BCUT2D eigenvalue weighted by molar-refractivity contribution is 0.0948. The van der Waals surface area contributed by atoms with Crippen molar-refractivity contribution in [3.05, 3.63) is 90.5 Å². The molecule has 3 aromatic heterocycles. The van der Waals surface area contributed by atoms with Gasteiger partial charge in [0.05, 0.1) is 17.3 Å². The van der Waals surface area contributed by atoms with Crippen LogP contribution in [0.5, 0.6) is 0 Å². The molecular weight excluding hydrogens is 378 g/mol. The summed E-state index contributed by atoms with van der Waals surface area (Å²) in [7, 11) is 0. The van der Waals surface area contributed by atoms with Crippen LogP contribution >= 0.6 is 0 Å². The molecule has 0 fully saturated rings. The number of carbonyl (C=O) groups is 1. The summed E-state index contributed by atoms with van der Waals surface area (Å²) in [5.41, 5.74) is 2.80. The molecule has 148 valence electrons. The Labute approximate surface area is 173 Å². The Morgan fingerprint density at radius 3 is 2.80 bits per heavy atom. The first-order valence-electron chi connectivity index (χ1n) is 9.39. The second kappa shape index (κ2) is 8.84. The minimum atomic E-state index is -0.182. The van der Waals surface area contributed by atoms with Crippen LogP contribution in [0, 0.1) is 11.8 Å². The maximum absolute atomic E-state index is 12.7. The van der Waals surface area contributed by atoms with Gasteiger partial charge in [0.2, 0.25) is 0 Å². The molecule has 0 bridgehead atoms. The van der Waals surface area contributed by atoms with E-state index in [1.54, 1.807) is 46.4 Å². The van der Waals surface area contributed by atoms with E-state index in [2.05, 4.69) is 37.3 Å². The van der Waals surface area contributed by atoms with E-state index in [4.69, 9.17) is 0 Å². The lowest BCUT2D eigenvalue weighted by atomic mass is 10.1. The summed E-state index contributed by atoms with van der Waals surface area (Å²) in [6.07, 6.45) is 10.0. The monoisotopic (exact) mass is 397 g/mol. The van der Waals surface area contributed by atoms with Crippen molar-refractivity contribution in [1.82, 2.24) is 34.8 Å². The topological polar surface area (TPSA) is 90.5 Å². The van der Waals surface area contributed by atoms with Crippen LogP contribution in [0.25, 0.3) is 5.69 Å². The maximum Gasteiger partial charge on any atom is 0.251 e. The molecule has 0 saturated carbocycles. The van der Waals surface area contributed by atoms with Gasteiger partial charge in [-0.05, 0) is 43.3 Å². The van der Waals surface area contributed by atoms with E-state index in [1.165, 1.54) is 6.33 Å². The van der Waals surface area contributed by atoms with Crippen LogP contribution in [0.15, 0.2) is 73.8 Å². The Balaban J connectivity index is 1.58. The van der Waals surface area contributed by atoms with Gasteiger partial charge in [-0.1, -0.05) is 11.8 Å². The highest BCUT2D eigenvalue weighted by Crippen LogP contribution is 2.16. The summed E-state index contributed by atoms with van der Waals surface area (Å²) in [4.78, 5) is 20.7. The van der Waals surface area contributed by atoms with Crippen LogP contribution in [0.3, 0.4) is 0 Å². The number of amides is 1. The van der Waals surface area contributed by atoms with Crippen molar-refractivity contribution in [1.29, 1.82) is 0 Å². The summed E-state index contributed by atoms with van der Waals surface area (Å²) in [6.45, 7) is 2.39. The highest BCUT2D eigenvalue weighted by atomic mass is 16.1. The van der Waals surface area contributed by atoms with Crippen LogP contribution in [-0.4, -0.2) is 42.0 Å². The number of aromatic nitrogens is 6. The number of benzene rings is 1. The summed E-state index contributed by atoms with van der Waals surface area (Å²) >= 11 is 0. The quantitative estimate of drug-likeness (QED) is 0.522. The second-order valence-corrected chi connectivity index (χ2v) is 6.61. The van der Waals surface area contributed by atoms with Crippen molar-refractivity contribution in [2.24, 2.45) is 0 Å². The summed E-state index contributed by atoms with van der Waals surface area (Å²) < 4.78 is 3.42. The second-order valence-electron chi connectivity index (χ2n) is 6.61. The zero-order chi connectivity index (χ0) is 20.8. The predicted octanol–water partition coefficient (Wildman–Crippen LogP) is 2.25. The Morgan fingerprint density at radius 1 is 1.13 bits per heavy atom. The molecule has 4 aromatic rings. The Morgan fingerprint density at radius 2 is 2.07 bits per heavy atom. The third-order valence-corrected chi connectivity index (χ3v) is 4.46. The molecule has 30 heavy (non-hydrogen) atoms. The molecule has 1 unspecified atom stereocenters. The van der Waals surface area contributed by atoms with Crippen molar-refractivity contribution < 1.29 is 4.79 Å². The van der Waals surface area contributed by atoms with Gasteiger partial charge < -0.3 is 5.32 Å². The molecule has 0 aliphatic heterocycles. The molecule has 1 atom stereocenters. The Bertz CT molecular complexity index is 1170. The molecule has 0 saturated heterocycles. The van der Waals surface area contributed by atoms with Crippen molar-refractivity contribution in [3.8, 4) is 17.5 Å². The van der Waals surface area contributed by atoms with Gasteiger partial charge in [0.1, 0.15) is 12.7 Å². The van der Waals surface area contributed by atoms with Crippen molar-refractivity contribution in [2.75, 3.05) is 6.54 Å². The van der Waals surface area contributed by atoms with Gasteiger partial charge in [-0.15, -0.1) is 0 Å². The molecule has 0 spiro atoms. The number of nitrogens with zero attached hydrogens (tertiary/aromatic N) is 6. The van der Waals surface area contributed by atoms with Gasteiger partial charge in [-0.25, -0.2) is 14.3 Å². The fourth-order valence-electron chi connectivity index (χ4n) is 2.85. The summed E-state index contributed by atoms with van der Waals surface area (Å²) in [5.74, 6) is 6.06. The molecule has 1 aromatic carbocycles. The van der Waals surface area contributed by atoms with Gasteiger partial charge in [0, 0.05) is 42.5 Å². The van der Waals surface area contributed by atoms with Gasteiger partial charge >= 0.3 is 0 Å². The van der Waals surface area contributed by atoms with E-state index in [0.717, 1.165) is 11.3 Å². The first-order chi connectivity index (χ1) is 14.7. The van der Waals surface area contributed by atoms with Crippen molar-refractivity contribution in [3.63, 3.8) is 0 Å². The molecule has 8 heteroatoms. The van der Waals surface area contributed by atoms with Gasteiger partial charge in [0.25, 0.3) is 5.91 Å². The van der Waals surface area contributed by atoms with Crippen LogP contribution < -0.4 is 5.32 Å². The van der Waals surface area contributed by atoms with Crippen molar-refractivity contribution in [2.45, 2.75) is 13.0 Å². The minimum absolute atomic E-state index is 0.00959. The molecule has 1 N–H and O–H groups in total. The summed E-state index contributed by atoms with van der Waals surface area (Å²) in [5, 5.41) is 11.3. The average molecular weight is 397 g/mol. The minimum Gasteiger partial charge on any atom is -0.350 e. The van der Waals surface area contributed by atoms with Gasteiger partial charge in [0.15, 0.2) is 0 Å². The van der Waals surface area contributed by atoms with Crippen LogP contribution in [0.2, 0.25) is 0 Å². The maximum atomic E-state index is 12.7. The lowest BCUT2D eigenvalue weighted by Crippen LogP contribution is -2.29. The fourth-order valence-corrected chi connectivity index (χ4v) is 2.85. The molecule has 0 aliphatic rings.